The number of rotatable bonds is 2. The van der Waals surface area contributed by atoms with Crippen molar-refractivity contribution in [3.8, 4) is 0 Å². The van der Waals surface area contributed by atoms with Crippen molar-refractivity contribution in [2.75, 3.05) is 13.6 Å². The molecule has 0 heterocycles. The van der Waals surface area contributed by atoms with Crippen LogP contribution < -0.4 is 0 Å². The molecule has 48 valence electrons. The maximum Gasteiger partial charge on any atom is 0.512 e. The van der Waals surface area contributed by atoms with Gasteiger partial charge in [-0.05, 0) is 0 Å². The molecule has 0 aliphatic rings. The van der Waals surface area contributed by atoms with Gasteiger partial charge in [-0.25, -0.2) is 4.79 Å². The normalized spacial score (nSPS) is 8.25. The van der Waals surface area contributed by atoms with Crippen LogP contribution in [0.1, 0.15) is 0 Å². The zero-order valence-corrected chi connectivity index (χ0v) is 4.03. The maximum absolute atomic E-state index is 9.88. The van der Waals surface area contributed by atoms with Gasteiger partial charge in [-0.3, -0.25) is 0 Å². The van der Waals surface area contributed by atoms with Crippen LogP contribution in [0.4, 0.5) is 4.79 Å². The van der Waals surface area contributed by atoms with E-state index < -0.39 is 19.7 Å². The summed E-state index contributed by atoms with van der Waals surface area (Å²) in [5.74, 6) is 0. The number of hydrogen-bond acceptors (Lipinski definition) is 5. The second kappa shape index (κ2) is 4.35. The molecule has 5 heteroatoms. The molecule has 0 spiro atoms. The minimum absolute atomic E-state index is 0.737. The molecule has 0 bridgehead atoms. The highest BCUT2D eigenvalue weighted by molar-refractivity contribution is 5.59. The minimum Gasteiger partial charge on any atom is -0.407 e. The molecule has 2 N–H and O–H groups in total. The summed E-state index contributed by atoms with van der Waals surface area (Å²) < 4.78 is 7.63. The lowest BCUT2D eigenvalue weighted by Gasteiger charge is -1.97. The maximum atomic E-state index is 9.88. The van der Waals surface area contributed by atoms with Crippen molar-refractivity contribution < 1.29 is 24.5 Å². The molecule has 0 radical (unpaired) electrons. The fourth-order valence-corrected chi connectivity index (χ4v) is 0.147. The van der Waals surface area contributed by atoms with Crippen LogP contribution >= 0.6 is 0 Å². The second-order valence-corrected chi connectivity index (χ2v) is 0.797. The average Bonchev–Trinajstić information content (AvgIpc) is 1.68. The van der Waals surface area contributed by atoms with Gasteiger partial charge in [0.15, 0.2) is 13.6 Å². The molecule has 0 rings (SSSR count). The molecule has 0 aromatic rings. The Morgan fingerprint density at radius 1 is 1.25 bits per heavy atom. The Bertz CT molecular complexity index is 62.1. The standard InChI is InChI=1S/C3H6O5/c4-1-7-3(6)8-2-5/h4-5H,1-2H2. The summed E-state index contributed by atoms with van der Waals surface area (Å²) >= 11 is 0. The number of ether oxygens (including phenoxy) is 2. The van der Waals surface area contributed by atoms with E-state index in [0.29, 0.717) is 0 Å². The molecule has 8 heavy (non-hydrogen) atoms. The lowest BCUT2D eigenvalue weighted by molar-refractivity contribution is -0.0389. The van der Waals surface area contributed by atoms with Gasteiger partial charge >= 0.3 is 6.16 Å². The minimum atomic E-state index is -1.09. The van der Waals surface area contributed by atoms with Crippen molar-refractivity contribution >= 4 is 6.16 Å². The molecule has 0 saturated carbocycles. The third-order valence-corrected chi connectivity index (χ3v) is 0.365. The summed E-state index contributed by atoms with van der Waals surface area (Å²) in [6.07, 6.45) is -1.09. The highest BCUT2D eigenvalue weighted by atomic mass is 16.8. The smallest absolute Gasteiger partial charge is 0.407 e. The molecule has 0 aliphatic carbocycles. The van der Waals surface area contributed by atoms with Gasteiger partial charge in [0.1, 0.15) is 0 Å². The topological polar surface area (TPSA) is 76.0 Å². The summed E-state index contributed by atoms with van der Waals surface area (Å²) in [6, 6.07) is 0. The molecule has 0 fully saturated rings. The average molecular weight is 122 g/mol. The number of hydrogen-bond donors (Lipinski definition) is 2. The summed E-state index contributed by atoms with van der Waals surface area (Å²) in [6.45, 7) is -1.47. The van der Waals surface area contributed by atoms with Crippen molar-refractivity contribution in [3.05, 3.63) is 0 Å². The van der Waals surface area contributed by atoms with Crippen LogP contribution in [-0.4, -0.2) is 30.0 Å². The fourth-order valence-electron chi connectivity index (χ4n) is 0.147. The van der Waals surface area contributed by atoms with Gasteiger partial charge in [-0.1, -0.05) is 0 Å². The highest BCUT2D eigenvalue weighted by Gasteiger charge is 1.97. The third kappa shape index (κ3) is 3.38. The molecule has 0 atom stereocenters. The first-order valence-electron chi connectivity index (χ1n) is 1.82. The van der Waals surface area contributed by atoms with Crippen LogP contribution in [0.25, 0.3) is 0 Å². The Morgan fingerprint density at radius 2 is 1.62 bits per heavy atom. The van der Waals surface area contributed by atoms with Crippen molar-refractivity contribution in [2.45, 2.75) is 0 Å². The van der Waals surface area contributed by atoms with Gasteiger partial charge in [0, 0.05) is 0 Å². The molecule has 0 aromatic carbocycles. The molecular formula is C3H6O5. The van der Waals surface area contributed by atoms with Gasteiger partial charge < -0.3 is 19.7 Å². The SMILES string of the molecule is O=C(OCO)OCO. The summed E-state index contributed by atoms with van der Waals surface area (Å²) in [7, 11) is 0. The van der Waals surface area contributed by atoms with E-state index in [4.69, 9.17) is 10.2 Å². The van der Waals surface area contributed by atoms with Gasteiger partial charge in [-0.2, -0.15) is 0 Å². The van der Waals surface area contributed by atoms with Crippen molar-refractivity contribution in [3.63, 3.8) is 0 Å². The van der Waals surface area contributed by atoms with Crippen LogP contribution in [0.15, 0.2) is 0 Å². The van der Waals surface area contributed by atoms with Crippen molar-refractivity contribution in [2.24, 2.45) is 0 Å². The van der Waals surface area contributed by atoms with Gasteiger partial charge in [0.05, 0.1) is 0 Å². The Labute approximate surface area is 45.4 Å². The van der Waals surface area contributed by atoms with Crippen molar-refractivity contribution in [1.29, 1.82) is 0 Å². The Balaban J connectivity index is 3.06. The van der Waals surface area contributed by atoms with Crippen LogP contribution in [0.2, 0.25) is 0 Å². The predicted octanol–water partition coefficient (Wildman–Crippen LogP) is -0.961. The number of aliphatic hydroxyl groups excluding tert-OH is 2. The monoisotopic (exact) mass is 122 g/mol. The summed E-state index contributed by atoms with van der Waals surface area (Å²) in [5, 5.41) is 15.7. The number of carbonyl (C=O) groups is 1. The van der Waals surface area contributed by atoms with Gasteiger partial charge in [0.25, 0.3) is 0 Å². The molecule has 0 unspecified atom stereocenters. The van der Waals surface area contributed by atoms with E-state index in [0.717, 1.165) is 0 Å². The first-order chi connectivity index (χ1) is 3.81. The first-order valence-corrected chi connectivity index (χ1v) is 1.82. The Hall–Kier alpha value is -0.810. The van der Waals surface area contributed by atoms with Crippen LogP contribution in [-0.2, 0) is 9.47 Å². The zero-order valence-electron chi connectivity index (χ0n) is 4.03. The van der Waals surface area contributed by atoms with E-state index in [1.165, 1.54) is 0 Å². The fraction of sp³-hybridized carbons (Fsp3) is 0.667. The molecule has 0 aliphatic heterocycles. The predicted molar refractivity (Wildman–Crippen MR) is 21.7 cm³/mol. The zero-order chi connectivity index (χ0) is 6.41. The van der Waals surface area contributed by atoms with E-state index in [-0.39, 0.29) is 0 Å². The number of carbonyl (C=O) groups excluding carboxylic acids is 1. The largest absolute Gasteiger partial charge is 0.512 e. The lowest BCUT2D eigenvalue weighted by atomic mass is 11.2. The first kappa shape index (κ1) is 7.19. The van der Waals surface area contributed by atoms with Gasteiger partial charge in [-0.15, -0.1) is 0 Å². The van der Waals surface area contributed by atoms with E-state index in [1.807, 2.05) is 0 Å². The molecule has 0 saturated heterocycles. The highest BCUT2D eigenvalue weighted by Crippen LogP contribution is 1.79. The van der Waals surface area contributed by atoms with E-state index in [1.54, 1.807) is 0 Å². The lowest BCUT2D eigenvalue weighted by Crippen LogP contribution is -2.08. The van der Waals surface area contributed by atoms with Crippen LogP contribution in [0.5, 0.6) is 0 Å². The Morgan fingerprint density at radius 3 is 1.88 bits per heavy atom. The van der Waals surface area contributed by atoms with Crippen LogP contribution in [0, 0.1) is 0 Å². The summed E-state index contributed by atoms with van der Waals surface area (Å²) in [5.41, 5.74) is 0. The molecular weight excluding hydrogens is 116 g/mol. The molecule has 0 aromatic heterocycles. The van der Waals surface area contributed by atoms with Crippen LogP contribution in [0.3, 0.4) is 0 Å². The third-order valence-electron chi connectivity index (χ3n) is 0.365. The second-order valence-electron chi connectivity index (χ2n) is 0.797. The quantitative estimate of drug-likeness (QED) is 0.364. The summed E-state index contributed by atoms with van der Waals surface area (Å²) in [4.78, 5) is 9.88. The van der Waals surface area contributed by atoms with E-state index >= 15 is 0 Å². The molecule has 0 amide bonds. The van der Waals surface area contributed by atoms with E-state index in [9.17, 15) is 4.79 Å². The van der Waals surface area contributed by atoms with E-state index in [2.05, 4.69) is 9.47 Å². The number of aliphatic hydroxyl groups is 2. The van der Waals surface area contributed by atoms with Gasteiger partial charge in [0.2, 0.25) is 0 Å². The Kier molecular flexibility index (Phi) is 3.91. The van der Waals surface area contributed by atoms with Crippen molar-refractivity contribution in [1.82, 2.24) is 0 Å². The molecule has 5 nitrogen and oxygen atoms in total.